The first kappa shape index (κ1) is 15.7. The van der Waals surface area contributed by atoms with Crippen LogP contribution in [0.1, 0.15) is 71.1 Å². The Morgan fingerprint density at radius 1 is 1.10 bits per heavy atom. The topological polar surface area (TPSA) is 55.1 Å². The van der Waals surface area contributed by atoms with Gasteiger partial charge in [0.25, 0.3) is 0 Å². The number of amides is 1. The minimum atomic E-state index is -0.575. The third-order valence-corrected chi connectivity index (χ3v) is 5.61. The maximum absolute atomic E-state index is 12.8. The van der Waals surface area contributed by atoms with Gasteiger partial charge in [0, 0.05) is 6.04 Å². The lowest BCUT2D eigenvalue weighted by molar-refractivity contribution is -0.129. The van der Waals surface area contributed by atoms with Gasteiger partial charge in [-0.1, -0.05) is 44.8 Å². The summed E-state index contributed by atoms with van der Waals surface area (Å²) in [7, 11) is 0. The number of thiocarbonyl (C=S) groups is 1. The van der Waals surface area contributed by atoms with Crippen molar-refractivity contribution in [3.05, 3.63) is 0 Å². The Morgan fingerprint density at radius 3 is 2.15 bits per heavy atom. The largest absolute Gasteiger partial charge is 0.392 e. The van der Waals surface area contributed by atoms with Crippen molar-refractivity contribution in [1.82, 2.24) is 5.32 Å². The van der Waals surface area contributed by atoms with Crippen molar-refractivity contribution in [1.29, 1.82) is 0 Å². The van der Waals surface area contributed by atoms with E-state index in [2.05, 4.69) is 12.2 Å². The summed E-state index contributed by atoms with van der Waals surface area (Å²) in [5.74, 6) is 0.900. The third-order valence-electron chi connectivity index (χ3n) is 5.21. The van der Waals surface area contributed by atoms with Crippen LogP contribution in [0, 0.1) is 11.3 Å². The predicted molar refractivity (Wildman–Crippen MR) is 86.5 cm³/mol. The zero-order chi connectivity index (χ0) is 14.6. The number of nitrogens with one attached hydrogen (secondary N) is 1. The quantitative estimate of drug-likeness (QED) is 0.620. The van der Waals surface area contributed by atoms with Crippen LogP contribution in [-0.4, -0.2) is 16.9 Å². The fourth-order valence-electron chi connectivity index (χ4n) is 3.65. The van der Waals surface area contributed by atoms with Crippen LogP contribution in [0.3, 0.4) is 0 Å². The maximum atomic E-state index is 12.8. The van der Waals surface area contributed by atoms with Gasteiger partial charge < -0.3 is 11.1 Å². The monoisotopic (exact) mass is 296 g/mol. The van der Waals surface area contributed by atoms with Crippen LogP contribution in [0.15, 0.2) is 0 Å². The molecule has 2 aliphatic rings. The molecule has 0 aliphatic heterocycles. The van der Waals surface area contributed by atoms with Gasteiger partial charge in [0.1, 0.15) is 0 Å². The Bertz CT molecular complexity index is 353. The van der Waals surface area contributed by atoms with Crippen molar-refractivity contribution in [2.45, 2.75) is 77.2 Å². The number of carbonyl (C=O) groups is 1. The lowest BCUT2D eigenvalue weighted by atomic mass is 9.78. The molecule has 0 saturated heterocycles. The molecule has 4 heteroatoms. The SMILES string of the molecule is CC1CCC(NC(=O)C2(C(N)=S)CCCCCC2)CC1. The lowest BCUT2D eigenvalue weighted by Gasteiger charge is -2.34. The van der Waals surface area contributed by atoms with Crippen molar-refractivity contribution < 1.29 is 4.79 Å². The fraction of sp³-hybridized carbons (Fsp3) is 0.875. The first-order valence-corrected chi connectivity index (χ1v) is 8.56. The van der Waals surface area contributed by atoms with Crippen molar-refractivity contribution in [3.63, 3.8) is 0 Å². The minimum Gasteiger partial charge on any atom is -0.392 e. The minimum absolute atomic E-state index is 0.103. The van der Waals surface area contributed by atoms with Gasteiger partial charge in [-0.3, -0.25) is 4.79 Å². The first-order chi connectivity index (χ1) is 9.54. The van der Waals surface area contributed by atoms with E-state index in [0.717, 1.165) is 44.4 Å². The Balaban J connectivity index is 2.01. The van der Waals surface area contributed by atoms with Gasteiger partial charge in [-0.2, -0.15) is 0 Å². The maximum Gasteiger partial charge on any atom is 0.233 e. The number of nitrogens with two attached hydrogens (primary N) is 1. The van der Waals surface area contributed by atoms with Crippen LogP contribution in [-0.2, 0) is 4.79 Å². The summed E-state index contributed by atoms with van der Waals surface area (Å²) in [5.41, 5.74) is 5.40. The van der Waals surface area contributed by atoms with E-state index < -0.39 is 5.41 Å². The van der Waals surface area contributed by atoms with E-state index in [-0.39, 0.29) is 5.91 Å². The Labute approximate surface area is 128 Å². The molecule has 2 saturated carbocycles. The van der Waals surface area contributed by atoms with Crippen LogP contribution < -0.4 is 11.1 Å². The van der Waals surface area contributed by atoms with E-state index in [1.165, 1.54) is 25.7 Å². The van der Waals surface area contributed by atoms with E-state index in [1.807, 2.05) is 0 Å². The van der Waals surface area contributed by atoms with Gasteiger partial charge >= 0.3 is 0 Å². The summed E-state index contributed by atoms with van der Waals surface area (Å²) in [6.45, 7) is 2.29. The number of hydrogen-bond acceptors (Lipinski definition) is 2. The van der Waals surface area contributed by atoms with E-state index in [9.17, 15) is 4.79 Å². The highest BCUT2D eigenvalue weighted by atomic mass is 32.1. The second-order valence-corrected chi connectivity index (χ2v) is 7.23. The normalized spacial score (nSPS) is 30.2. The van der Waals surface area contributed by atoms with Gasteiger partial charge in [-0.25, -0.2) is 0 Å². The highest BCUT2D eigenvalue weighted by Gasteiger charge is 2.42. The molecule has 0 radical (unpaired) electrons. The van der Waals surface area contributed by atoms with Crippen LogP contribution in [0.4, 0.5) is 0 Å². The molecule has 2 fully saturated rings. The molecule has 0 bridgehead atoms. The Hall–Kier alpha value is -0.640. The molecule has 1 amide bonds. The molecule has 0 heterocycles. The van der Waals surface area contributed by atoms with E-state index in [4.69, 9.17) is 18.0 Å². The van der Waals surface area contributed by atoms with Crippen LogP contribution >= 0.6 is 12.2 Å². The smallest absolute Gasteiger partial charge is 0.233 e. The molecule has 2 aliphatic carbocycles. The average Bonchev–Trinajstić information content (AvgIpc) is 2.68. The molecule has 0 aromatic carbocycles. The summed E-state index contributed by atoms with van der Waals surface area (Å²) in [5, 5.41) is 3.25. The van der Waals surface area contributed by atoms with Gasteiger partial charge in [0.15, 0.2) is 0 Å². The molecule has 0 spiro atoms. The number of carbonyl (C=O) groups excluding carboxylic acids is 1. The van der Waals surface area contributed by atoms with E-state index in [1.54, 1.807) is 0 Å². The van der Waals surface area contributed by atoms with Crippen molar-refractivity contribution >= 4 is 23.1 Å². The van der Waals surface area contributed by atoms with Crippen molar-refractivity contribution in [3.8, 4) is 0 Å². The van der Waals surface area contributed by atoms with Crippen molar-refractivity contribution in [2.75, 3.05) is 0 Å². The summed E-state index contributed by atoms with van der Waals surface area (Å²) in [6, 6.07) is 0.327. The molecule has 0 unspecified atom stereocenters. The van der Waals surface area contributed by atoms with E-state index >= 15 is 0 Å². The molecule has 2 rings (SSSR count). The summed E-state index contributed by atoms with van der Waals surface area (Å²) >= 11 is 5.27. The van der Waals surface area contributed by atoms with Crippen LogP contribution in [0.25, 0.3) is 0 Å². The lowest BCUT2D eigenvalue weighted by Crippen LogP contribution is -2.52. The Morgan fingerprint density at radius 2 is 1.65 bits per heavy atom. The van der Waals surface area contributed by atoms with E-state index in [0.29, 0.717) is 11.0 Å². The summed E-state index contributed by atoms with van der Waals surface area (Å²) < 4.78 is 0. The molecule has 0 aromatic heterocycles. The number of rotatable bonds is 3. The second-order valence-electron chi connectivity index (χ2n) is 6.79. The predicted octanol–water partition coefficient (Wildman–Crippen LogP) is 3.31. The summed E-state index contributed by atoms with van der Waals surface area (Å²) in [4.78, 5) is 13.2. The summed E-state index contributed by atoms with van der Waals surface area (Å²) in [6.07, 6.45) is 10.8. The average molecular weight is 296 g/mol. The highest BCUT2D eigenvalue weighted by Crippen LogP contribution is 2.36. The zero-order valence-electron chi connectivity index (χ0n) is 12.6. The molecule has 114 valence electrons. The highest BCUT2D eigenvalue weighted by molar-refractivity contribution is 7.80. The van der Waals surface area contributed by atoms with Crippen LogP contribution in [0.2, 0.25) is 0 Å². The molecule has 3 N–H and O–H groups in total. The Kier molecular flexibility index (Phi) is 5.42. The van der Waals surface area contributed by atoms with Crippen LogP contribution in [0.5, 0.6) is 0 Å². The molecule has 0 atom stereocenters. The zero-order valence-corrected chi connectivity index (χ0v) is 13.4. The van der Waals surface area contributed by atoms with Crippen molar-refractivity contribution in [2.24, 2.45) is 17.1 Å². The van der Waals surface area contributed by atoms with Gasteiger partial charge in [0.2, 0.25) is 5.91 Å². The number of hydrogen-bond donors (Lipinski definition) is 2. The third kappa shape index (κ3) is 3.51. The molecule has 20 heavy (non-hydrogen) atoms. The van der Waals surface area contributed by atoms with Gasteiger partial charge in [-0.05, 0) is 44.4 Å². The fourth-order valence-corrected chi connectivity index (χ4v) is 3.94. The molecular weight excluding hydrogens is 268 g/mol. The molecular formula is C16H28N2OS. The van der Waals surface area contributed by atoms with Gasteiger partial charge in [0.05, 0.1) is 10.4 Å². The molecule has 0 aromatic rings. The molecule has 3 nitrogen and oxygen atoms in total. The second kappa shape index (κ2) is 6.88. The first-order valence-electron chi connectivity index (χ1n) is 8.15. The standard InChI is InChI=1S/C16H28N2OS/c1-12-6-8-13(9-7-12)18-15(19)16(14(17)20)10-4-2-3-5-11-16/h12-13H,2-11H2,1H3,(H2,17,20)(H,18,19). The van der Waals surface area contributed by atoms with Gasteiger partial charge in [-0.15, -0.1) is 0 Å².